The Balaban J connectivity index is 1.62. The first-order chi connectivity index (χ1) is 13.0. The van der Waals surface area contributed by atoms with Gasteiger partial charge in [-0.2, -0.15) is 0 Å². The summed E-state index contributed by atoms with van der Waals surface area (Å²) in [6.07, 6.45) is -0.224. The zero-order valence-electron chi connectivity index (χ0n) is 14.8. The molecule has 0 radical (unpaired) electrons. The molecule has 2 atom stereocenters. The second-order valence-corrected chi connectivity index (χ2v) is 6.38. The van der Waals surface area contributed by atoms with E-state index in [2.05, 4.69) is 5.32 Å². The molecular formula is C20H20F2N2O3. The van der Waals surface area contributed by atoms with E-state index in [-0.39, 0.29) is 17.6 Å². The Morgan fingerprint density at radius 2 is 1.89 bits per heavy atom. The van der Waals surface area contributed by atoms with Crippen LogP contribution in [0.1, 0.15) is 28.9 Å². The van der Waals surface area contributed by atoms with Crippen LogP contribution in [0.3, 0.4) is 0 Å². The van der Waals surface area contributed by atoms with Gasteiger partial charge in [0.25, 0.3) is 5.91 Å². The predicted octanol–water partition coefficient (Wildman–Crippen LogP) is 2.68. The highest BCUT2D eigenvalue weighted by Crippen LogP contribution is 2.22. The molecule has 7 heteroatoms. The largest absolute Gasteiger partial charge is 0.370 e. The van der Waals surface area contributed by atoms with Crippen LogP contribution in [-0.4, -0.2) is 42.5 Å². The van der Waals surface area contributed by atoms with Crippen molar-refractivity contribution in [2.75, 3.05) is 19.7 Å². The highest BCUT2D eigenvalue weighted by molar-refractivity contribution is 5.97. The summed E-state index contributed by atoms with van der Waals surface area (Å²) in [5, 5.41) is 2.53. The number of amides is 2. The van der Waals surface area contributed by atoms with Gasteiger partial charge < -0.3 is 15.0 Å². The van der Waals surface area contributed by atoms with Crippen LogP contribution in [0.25, 0.3) is 0 Å². The molecule has 1 unspecified atom stereocenters. The van der Waals surface area contributed by atoms with Crippen molar-refractivity contribution in [1.29, 1.82) is 0 Å². The molecule has 5 nitrogen and oxygen atoms in total. The fourth-order valence-electron chi connectivity index (χ4n) is 2.97. The Kier molecular flexibility index (Phi) is 5.81. The zero-order chi connectivity index (χ0) is 19.4. The van der Waals surface area contributed by atoms with Gasteiger partial charge >= 0.3 is 0 Å². The van der Waals surface area contributed by atoms with Gasteiger partial charge in [-0.15, -0.1) is 0 Å². The number of hydrogen-bond donors (Lipinski definition) is 1. The summed E-state index contributed by atoms with van der Waals surface area (Å²) >= 11 is 0. The van der Waals surface area contributed by atoms with Crippen LogP contribution in [0.4, 0.5) is 8.78 Å². The van der Waals surface area contributed by atoms with Crippen molar-refractivity contribution < 1.29 is 23.1 Å². The molecule has 2 amide bonds. The van der Waals surface area contributed by atoms with Gasteiger partial charge in [0.2, 0.25) is 5.91 Å². The Hall–Kier alpha value is -2.80. The van der Waals surface area contributed by atoms with Gasteiger partial charge in [0.15, 0.2) is 11.6 Å². The average molecular weight is 374 g/mol. The molecule has 0 spiro atoms. The molecule has 1 fully saturated rings. The van der Waals surface area contributed by atoms with E-state index in [9.17, 15) is 18.4 Å². The topological polar surface area (TPSA) is 58.6 Å². The van der Waals surface area contributed by atoms with E-state index < -0.39 is 23.6 Å². The molecule has 1 aliphatic heterocycles. The molecule has 0 bridgehead atoms. The number of benzene rings is 2. The Bertz CT molecular complexity index is 829. The molecule has 27 heavy (non-hydrogen) atoms. The fraction of sp³-hybridized carbons (Fsp3) is 0.300. The highest BCUT2D eigenvalue weighted by Gasteiger charge is 2.29. The van der Waals surface area contributed by atoms with Crippen molar-refractivity contribution in [3.05, 3.63) is 71.3 Å². The van der Waals surface area contributed by atoms with Gasteiger partial charge in [-0.3, -0.25) is 9.59 Å². The standard InChI is InChI=1S/C20H20F2N2O3/c1-13(23-19(25)15-7-8-16(21)17(22)11-15)20(26)24-9-10-27-18(12-24)14-5-3-2-4-6-14/h2-8,11,13,18H,9-10,12H2,1H3,(H,23,25)/t13-,18?/m1/s1. The van der Waals surface area contributed by atoms with E-state index in [1.54, 1.807) is 11.8 Å². The fourth-order valence-corrected chi connectivity index (χ4v) is 2.97. The molecule has 2 aromatic rings. The number of nitrogens with one attached hydrogen (secondary N) is 1. The van der Waals surface area contributed by atoms with Gasteiger partial charge in [-0.1, -0.05) is 30.3 Å². The van der Waals surface area contributed by atoms with Crippen LogP contribution in [0, 0.1) is 11.6 Å². The Labute approximate surface area is 155 Å². The van der Waals surface area contributed by atoms with Gasteiger partial charge in [-0.05, 0) is 30.7 Å². The lowest BCUT2D eigenvalue weighted by atomic mass is 10.1. The van der Waals surface area contributed by atoms with Crippen molar-refractivity contribution in [3.8, 4) is 0 Å². The maximum Gasteiger partial charge on any atom is 0.252 e. The highest BCUT2D eigenvalue weighted by atomic mass is 19.2. The maximum absolute atomic E-state index is 13.3. The number of ether oxygens (including phenoxy) is 1. The Morgan fingerprint density at radius 3 is 2.59 bits per heavy atom. The number of morpholine rings is 1. The predicted molar refractivity (Wildman–Crippen MR) is 95.0 cm³/mol. The monoisotopic (exact) mass is 374 g/mol. The van der Waals surface area contributed by atoms with Crippen molar-refractivity contribution in [2.24, 2.45) is 0 Å². The number of halogens is 2. The first-order valence-corrected chi connectivity index (χ1v) is 8.67. The lowest BCUT2D eigenvalue weighted by Crippen LogP contribution is -2.51. The van der Waals surface area contributed by atoms with Crippen LogP contribution < -0.4 is 5.32 Å². The van der Waals surface area contributed by atoms with E-state index >= 15 is 0 Å². The zero-order valence-corrected chi connectivity index (χ0v) is 14.8. The molecule has 1 saturated heterocycles. The van der Waals surface area contributed by atoms with Gasteiger partial charge in [0.05, 0.1) is 13.2 Å². The van der Waals surface area contributed by atoms with Gasteiger partial charge in [-0.25, -0.2) is 8.78 Å². The van der Waals surface area contributed by atoms with Crippen LogP contribution in [0.5, 0.6) is 0 Å². The first kappa shape index (κ1) is 19.0. The number of carbonyl (C=O) groups excluding carboxylic acids is 2. The lowest BCUT2D eigenvalue weighted by molar-refractivity contribution is -0.140. The molecule has 142 valence electrons. The average Bonchev–Trinajstić information content (AvgIpc) is 2.70. The lowest BCUT2D eigenvalue weighted by Gasteiger charge is -2.34. The van der Waals surface area contributed by atoms with Crippen LogP contribution in [0.2, 0.25) is 0 Å². The summed E-state index contributed by atoms with van der Waals surface area (Å²) < 4.78 is 32.0. The number of carbonyl (C=O) groups is 2. The Morgan fingerprint density at radius 1 is 1.15 bits per heavy atom. The van der Waals surface area contributed by atoms with Crippen LogP contribution in [0.15, 0.2) is 48.5 Å². The van der Waals surface area contributed by atoms with E-state index in [0.29, 0.717) is 19.7 Å². The molecule has 0 saturated carbocycles. The van der Waals surface area contributed by atoms with Crippen molar-refractivity contribution in [1.82, 2.24) is 10.2 Å². The van der Waals surface area contributed by atoms with Gasteiger partial charge in [0.1, 0.15) is 12.1 Å². The maximum atomic E-state index is 13.3. The molecule has 0 aliphatic carbocycles. The second-order valence-electron chi connectivity index (χ2n) is 6.38. The minimum atomic E-state index is -1.11. The van der Waals surface area contributed by atoms with Crippen LogP contribution in [-0.2, 0) is 9.53 Å². The smallest absolute Gasteiger partial charge is 0.252 e. The number of nitrogens with zero attached hydrogens (tertiary/aromatic N) is 1. The first-order valence-electron chi connectivity index (χ1n) is 8.67. The quantitative estimate of drug-likeness (QED) is 0.895. The van der Waals surface area contributed by atoms with E-state index in [4.69, 9.17) is 4.74 Å². The van der Waals surface area contributed by atoms with E-state index in [1.807, 2.05) is 30.3 Å². The van der Waals surface area contributed by atoms with Crippen molar-refractivity contribution >= 4 is 11.8 Å². The normalized spacial score (nSPS) is 18.0. The summed E-state index contributed by atoms with van der Waals surface area (Å²) in [4.78, 5) is 26.5. The molecule has 0 aromatic heterocycles. The van der Waals surface area contributed by atoms with Crippen molar-refractivity contribution in [2.45, 2.75) is 19.1 Å². The molecule has 2 aromatic carbocycles. The summed E-state index contributed by atoms with van der Waals surface area (Å²) in [6.45, 7) is 2.77. The third-order valence-electron chi connectivity index (χ3n) is 4.45. The summed E-state index contributed by atoms with van der Waals surface area (Å²) in [5.74, 6) is -3.03. The molecular weight excluding hydrogens is 354 g/mol. The third-order valence-corrected chi connectivity index (χ3v) is 4.45. The van der Waals surface area contributed by atoms with E-state index in [0.717, 1.165) is 17.7 Å². The number of hydrogen-bond acceptors (Lipinski definition) is 3. The van der Waals surface area contributed by atoms with Crippen LogP contribution >= 0.6 is 0 Å². The minimum absolute atomic E-state index is 0.0438. The number of rotatable bonds is 4. The summed E-state index contributed by atoms with van der Waals surface area (Å²) in [5.41, 5.74) is 0.936. The SMILES string of the molecule is C[C@@H](NC(=O)c1ccc(F)c(F)c1)C(=O)N1CCOC(c2ccccc2)C1. The molecule has 1 aliphatic rings. The summed E-state index contributed by atoms with van der Waals surface area (Å²) in [6, 6.07) is 11.6. The molecule has 1 heterocycles. The third kappa shape index (κ3) is 4.49. The van der Waals surface area contributed by atoms with Gasteiger partial charge in [0, 0.05) is 12.1 Å². The molecule has 3 rings (SSSR count). The summed E-state index contributed by atoms with van der Waals surface area (Å²) in [7, 11) is 0. The second kappa shape index (κ2) is 8.26. The minimum Gasteiger partial charge on any atom is -0.370 e. The van der Waals surface area contributed by atoms with E-state index in [1.165, 1.54) is 6.07 Å². The molecule has 1 N–H and O–H groups in total. The van der Waals surface area contributed by atoms with Crippen molar-refractivity contribution in [3.63, 3.8) is 0 Å².